The van der Waals surface area contributed by atoms with Crippen LogP contribution in [0, 0.1) is 0 Å². The molecule has 2 aromatic heterocycles. The molecule has 3 N–H and O–H groups in total. The van der Waals surface area contributed by atoms with Gasteiger partial charge in [0.15, 0.2) is 12.4 Å². The number of quaternary nitrogens is 1. The summed E-state index contributed by atoms with van der Waals surface area (Å²) in [4.78, 5) is 46.4. The number of ether oxygens (including phenoxy) is 1. The zero-order chi connectivity index (χ0) is 19.4. The number of amides is 2. The third kappa shape index (κ3) is 4.54. The fourth-order valence-corrected chi connectivity index (χ4v) is 4.67. The Morgan fingerprint density at radius 2 is 2.07 bits per heavy atom. The standard InChI is InChI=1S/C18H24N4O4S/c1-3-22(10-14(23)21-18(25)26-4-2)9-13-19-16(24)15-11-7-5-6-8-12(11)27-17(15)20-13/h3-10H2,1-2H3,(H,19,20,24)(H,21,23,25)/p+1. The zero-order valence-electron chi connectivity index (χ0n) is 15.6. The Hall–Kier alpha value is -2.26. The average molecular weight is 393 g/mol. The highest BCUT2D eigenvalue weighted by Crippen LogP contribution is 2.33. The van der Waals surface area contributed by atoms with E-state index in [1.165, 1.54) is 4.88 Å². The normalized spacial score (nSPS) is 14.6. The third-order valence-electron chi connectivity index (χ3n) is 4.72. The predicted octanol–water partition coefficient (Wildman–Crippen LogP) is 0.541. The van der Waals surface area contributed by atoms with E-state index in [-0.39, 0.29) is 18.7 Å². The van der Waals surface area contributed by atoms with Crippen LogP contribution in [0.4, 0.5) is 4.79 Å². The number of carbonyl (C=O) groups excluding carboxylic acids is 2. The van der Waals surface area contributed by atoms with Crippen molar-refractivity contribution in [2.24, 2.45) is 0 Å². The SMILES string of the molecule is CCOC(=O)NC(=O)C[NH+](CC)Cc1nc2sc3c(c2c(=O)[nH]1)CCCC3. The van der Waals surface area contributed by atoms with Crippen molar-refractivity contribution in [3.05, 3.63) is 26.6 Å². The molecule has 8 nitrogen and oxygen atoms in total. The number of fused-ring (bicyclic) bond motifs is 3. The minimum absolute atomic E-state index is 0.0952. The van der Waals surface area contributed by atoms with Gasteiger partial charge in [-0.05, 0) is 45.1 Å². The first kappa shape index (κ1) is 19.5. The zero-order valence-corrected chi connectivity index (χ0v) is 16.5. The van der Waals surface area contributed by atoms with Gasteiger partial charge in [0.1, 0.15) is 11.4 Å². The van der Waals surface area contributed by atoms with Gasteiger partial charge in [-0.25, -0.2) is 9.78 Å². The van der Waals surface area contributed by atoms with Crippen LogP contribution in [0.1, 0.15) is 43.0 Å². The van der Waals surface area contributed by atoms with Crippen molar-refractivity contribution in [3.8, 4) is 0 Å². The number of aromatic nitrogens is 2. The van der Waals surface area contributed by atoms with Crippen molar-refractivity contribution < 1.29 is 19.2 Å². The van der Waals surface area contributed by atoms with E-state index in [0.717, 1.165) is 46.4 Å². The highest BCUT2D eigenvalue weighted by molar-refractivity contribution is 7.18. The number of thiophene rings is 1. The maximum absolute atomic E-state index is 12.6. The van der Waals surface area contributed by atoms with Gasteiger partial charge in [-0.2, -0.15) is 0 Å². The van der Waals surface area contributed by atoms with Crippen LogP contribution in [-0.2, 0) is 28.9 Å². The van der Waals surface area contributed by atoms with Gasteiger partial charge >= 0.3 is 6.09 Å². The van der Waals surface area contributed by atoms with E-state index in [4.69, 9.17) is 4.74 Å². The van der Waals surface area contributed by atoms with Crippen molar-refractivity contribution in [1.29, 1.82) is 0 Å². The van der Waals surface area contributed by atoms with E-state index >= 15 is 0 Å². The molecule has 0 saturated heterocycles. The molecule has 2 aromatic rings. The van der Waals surface area contributed by atoms with Gasteiger partial charge < -0.3 is 14.6 Å². The maximum Gasteiger partial charge on any atom is 0.414 e. The number of hydrogen-bond acceptors (Lipinski definition) is 6. The van der Waals surface area contributed by atoms with Crippen LogP contribution < -0.4 is 15.8 Å². The first-order valence-corrected chi connectivity index (χ1v) is 10.2. The Bertz CT molecular complexity index is 905. The van der Waals surface area contributed by atoms with Gasteiger partial charge in [-0.15, -0.1) is 11.3 Å². The summed E-state index contributed by atoms with van der Waals surface area (Å²) < 4.78 is 4.71. The van der Waals surface area contributed by atoms with Crippen molar-refractivity contribution >= 4 is 33.6 Å². The van der Waals surface area contributed by atoms with Crippen molar-refractivity contribution in [2.45, 2.75) is 46.1 Å². The molecule has 1 unspecified atom stereocenters. The van der Waals surface area contributed by atoms with Gasteiger partial charge in [0.25, 0.3) is 11.5 Å². The molecule has 1 atom stereocenters. The lowest BCUT2D eigenvalue weighted by Gasteiger charge is -2.16. The minimum Gasteiger partial charge on any atom is -0.450 e. The van der Waals surface area contributed by atoms with Gasteiger partial charge in [0.05, 0.1) is 18.5 Å². The molecule has 0 aromatic carbocycles. The van der Waals surface area contributed by atoms with Crippen molar-refractivity contribution in [3.63, 3.8) is 0 Å². The summed E-state index contributed by atoms with van der Waals surface area (Å²) in [6, 6.07) is 0. The van der Waals surface area contributed by atoms with Crippen LogP contribution in [-0.4, -0.2) is 41.7 Å². The Balaban J connectivity index is 1.73. The Labute approximate surface area is 160 Å². The second kappa shape index (κ2) is 8.62. The molecule has 146 valence electrons. The molecule has 1 aliphatic carbocycles. The number of aromatic amines is 1. The van der Waals surface area contributed by atoms with Crippen LogP contribution in [0.25, 0.3) is 10.2 Å². The maximum atomic E-state index is 12.6. The molecule has 3 rings (SSSR count). The summed E-state index contributed by atoms with van der Waals surface area (Å²) in [5.41, 5.74) is 1.07. The summed E-state index contributed by atoms with van der Waals surface area (Å²) in [5, 5.41) is 2.93. The van der Waals surface area contributed by atoms with Crippen molar-refractivity contribution in [1.82, 2.24) is 15.3 Å². The van der Waals surface area contributed by atoms with E-state index < -0.39 is 12.0 Å². The summed E-state index contributed by atoms with van der Waals surface area (Å²) in [5.74, 6) is 0.146. The van der Waals surface area contributed by atoms with Crippen LogP contribution in [0.5, 0.6) is 0 Å². The topological polar surface area (TPSA) is 106 Å². The summed E-state index contributed by atoms with van der Waals surface area (Å²) >= 11 is 1.61. The number of likely N-dealkylation sites (N-methyl/N-ethyl adjacent to an activating group) is 1. The highest BCUT2D eigenvalue weighted by atomic mass is 32.1. The molecular weight excluding hydrogens is 368 g/mol. The monoisotopic (exact) mass is 393 g/mol. The largest absolute Gasteiger partial charge is 0.450 e. The van der Waals surface area contributed by atoms with Crippen molar-refractivity contribution in [2.75, 3.05) is 19.7 Å². The lowest BCUT2D eigenvalue weighted by Crippen LogP contribution is -3.11. The fourth-order valence-electron chi connectivity index (χ4n) is 3.39. The molecule has 0 saturated carbocycles. The number of nitrogens with one attached hydrogen (secondary N) is 3. The molecular formula is C18H25N4O4S+. The number of aryl methyl sites for hydroxylation is 2. The van der Waals surface area contributed by atoms with E-state index in [2.05, 4.69) is 15.3 Å². The van der Waals surface area contributed by atoms with E-state index in [1.807, 2.05) is 6.92 Å². The summed E-state index contributed by atoms with van der Waals surface area (Å²) in [7, 11) is 0. The van der Waals surface area contributed by atoms with Gasteiger partial charge in [-0.3, -0.25) is 14.9 Å². The summed E-state index contributed by atoms with van der Waals surface area (Å²) in [6.07, 6.45) is 3.50. The molecule has 0 bridgehead atoms. The molecule has 0 aliphatic heterocycles. The van der Waals surface area contributed by atoms with Crippen LogP contribution >= 0.6 is 11.3 Å². The van der Waals surface area contributed by atoms with E-state index in [1.54, 1.807) is 18.3 Å². The van der Waals surface area contributed by atoms with Crippen LogP contribution in [0.15, 0.2) is 4.79 Å². The molecule has 9 heteroatoms. The smallest absolute Gasteiger partial charge is 0.414 e. The van der Waals surface area contributed by atoms with E-state index in [9.17, 15) is 14.4 Å². The van der Waals surface area contributed by atoms with Gasteiger partial charge in [-0.1, -0.05) is 0 Å². The second-order valence-electron chi connectivity index (χ2n) is 6.63. The first-order valence-electron chi connectivity index (χ1n) is 9.35. The molecule has 1 aliphatic rings. The molecule has 0 spiro atoms. The number of imide groups is 1. The Kier molecular flexibility index (Phi) is 6.22. The molecule has 2 heterocycles. The predicted molar refractivity (Wildman–Crippen MR) is 102 cm³/mol. The van der Waals surface area contributed by atoms with Gasteiger partial charge in [0, 0.05) is 4.88 Å². The fraction of sp³-hybridized carbons (Fsp3) is 0.556. The third-order valence-corrected chi connectivity index (χ3v) is 5.90. The molecule has 0 radical (unpaired) electrons. The van der Waals surface area contributed by atoms with Crippen LogP contribution in [0.2, 0.25) is 0 Å². The number of alkyl carbamates (subject to hydrolysis) is 1. The minimum atomic E-state index is -0.741. The van der Waals surface area contributed by atoms with Crippen LogP contribution in [0.3, 0.4) is 0 Å². The number of rotatable bonds is 6. The lowest BCUT2D eigenvalue weighted by atomic mass is 9.97. The molecule has 0 fully saturated rings. The highest BCUT2D eigenvalue weighted by Gasteiger charge is 2.22. The Morgan fingerprint density at radius 3 is 2.81 bits per heavy atom. The first-order chi connectivity index (χ1) is 13.0. The second-order valence-corrected chi connectivity index (χ2v) is 7.71. The van der Waals surface area contributed by atoms with Gasteiger partial charge in [0.2, 0.25) is 0 Å². The lowest BCUT2D eigenvalue weighted by molar-refractivity contribution is -0.904. The quantitative estimate of drug-likeness (QED) is 0.664. The Morgan fingerprint density at radius 1 is 1.30 bits per heavy atom. The average Bonchev–Trinajstić information content (AvgIpc) is 2.99. The molecule has 2 amide bonds. The summed E-state index contributed by atoms with van der Waals surface area (Å²) in [6.45, 7) is 4.97. The van der Waals surface area contributed by atoms with E-state index in [0.29, 0.717) is 18.9 Å². The number of nitrogens with zero attached hydrogens (tertiary/aromatic N) is 1. The number of H-pyrrole nitrogens is 1. The number of carbonyl (C=O) groups is 2. The number of hydrogen-bond donors (Lipinski definition) is 3. The molecule has 27 heavy (non-hydrogen) atoms.